The highest BCUT2D eigenvalue weighted by molar-refractivity contribution is 6.31. The molecule has 4 heteroatoms. The van der Waals surface area contributed by atoms with Crippen LogP contribution in [0.2, 0.25) is 5.02 Å². The Kier molecular flexibility index (Phi) is 2.93. The third kappa shape index (κ3) is 2.13. The summed E-state index contributed by atoms with van der Waals surface area (Å²) in [7, 11) is 0. The Hall–Kier alpha value is -1.06. The SMILES string of the molecule is Nc1cc(Cl)ccc1C(=O)[C@@H]1CCOC1. The van der Waals surface area contributed by atoms with E-state index in [0.717, 1.165) is 6.42 Å². The van der Waals surface area contributed by atoms with Crippen molar-refractivity contribution in [2.45, 2.75) is 6.42 Å². The van der Waals surface area contributed by atoms with Gasteiger partial charge in [0.05, 0.1) is 6.61 Å². The van der Waals surface area contributed by atoms with Crippen LogP contribution in [0.15, 0.2) is 18.2 Å². The molecular formula is C11H12ClNO2. The topological polar surface area (TPSA) is 52.3 Å². The molecule has 0 amide bonds. The maximum atomic E-state index is 12.0. The molecule has 1 heterocycles. The van der Waals surface area contributed by atoms with Gasteiger partial charge in [0, 0.05) is 28.8 Å². The van der Waals surface area contributed by atoms with E-state index < -0.39 is 0 Å². The van der Waals surface area contributed by atoms with Crippen LogP contribution in [0, 0.1) is 5.92 Å². The van der Waals surface area contributed by atoms with E-state index in [1.165, 1.54) is 0 Å². The minimum atomic E-state index is -0.0477. The van der Waals surface area contributed by atoms with Gasteiger partial charge in [-0.1, -0.05) is 11.6 Å². The van der Waals surface area contributed by atoms with Crippen LogP contribution in [-0.4, -0.2) is 19.0 Å². The van der Waals surface area contributed by atoms with Gasteiger partial charge >= 0.3 is 0 Å². The zero-order valence-electron chi connectivity index (χ0n) is 8.20. The van der Waals surface area contributed by atoms with Crippen molar-refractivity contribution in [1.29, 1.82) is 0 Å². The lowest BCUT2D eigenvalue weighted by Crippen LogP contribution is -2.16. The molecule has 0 radical (unpaired) electrons. The largest absolute Gasteiger partial charge is 0.398 e. The van der Waals surface area contributed by atoms with Crippen LogP contribution in [0.3, 0.4) is 0 Å². The van der Waals surface area contributed by atoms with Crippen molar-refractivity contribution >= 4 is 23.1 Å². The first-order valence-corrected chi connectivity index (χ1v) is 5.23. The third-order valence-corrected chi connectivity index (χ3v) is 2.81. The molecule has 1 fully saturated rings. The Bertz CT molecular complexity index is 386. The van der Waals surface area contributed by atoms with E-state index in [1.807, 2.05) is 0 Å². The lowest BCUT2D eigenvalue weighted by Gasteiger charge is -2.09. The number of Topliss-reactive ketones (excluding diaryl/α,β-unsaturated/α-hetero) is 1. The Labute approximate surface area is 93.2 Å². The van der Waals surface area contributed by atoms with E-state index in [-0.39, 0.29) is 11.7 Å². The predicted molar refractivity (Wildman–Crippen MR) is 59.1 cm³/mol. The van der Waals surface area contributed by atoms with Crippen LogP contribution >= 0.6 is 11.6 Å². The van der Waals surface area contributed by atoms with E-state index in [0.29, 0.717) is 29.5 Å². The van der Waals surface area contributed by atoms with E-state index in [4.69, 9.17) is 22.1 Å². The number of anilines is 1. The number of carbonyl (C=O) groups is 1. The first-order valence-electron chi connectivity index (χ1n) is 4.85. The predicted octanol–water partition coefficient (Wildman–Crippen LogP) is 2.14. The summed E-state index contributed by atoms with van der Waals surface area (Å²) in [5.74, 6) is 0.00939. The normalized spacial score (nSPS) is 20.5. The number of rotatable bonds is 2. The van der Waals surface area contributed by atoms with Crippen LogP contribution in [0.5, 0.6) is 0 Å². The summed E-state index contributed by atoms with van der Waals surface area (Å²) >= 11 is 5.77. The summed E-state index contributed by atoms with van der Waals surface area (Å²) in [4.78, 5) is 12.0. The second-order valence-corrected chi connectivity index (χ2v) is 4.09. The highest BCUT2D eigenvalue weighted by Gasteiger charge is 2.25. The fourth-order valence-electron chi connectivity index (χ4n) is 1.72. The van der Waals surface area contributed by atoms with Gasteiger partial charge in [0.1, 0.15) is 0 Å². The molecule has 1 aromatic rings. The van der Waals surface area contributed by atoms with Crippen LogP contribution in [0.25, 0.3) is 0 Å². The van der Waals surface area contributed by atoms with Gasteiger partial charge in [-0.15, -0.1) is 0 Å². The fourth-order valence-corrected chi connectivity index (χ4v) is 1.90. The lowest BCUT2D eigenvalue weighted by atomic mass is 9.96. The quantitative estimate of drug-likeness (QED) is 0.620. The lowest BCUT2D eigenvalue weighted by molar-refractivity contribution is 0.0901. The summed E-state index contributed by atoms with van der Waals surface area (Å²) in [6, 6.07) is 4.96. The molecule has 1 atom stereocenters. The van der Waals surface area contributed by atoms with Crippen LogP contribution in [-0.2, 0) is 4.74 Å². The van der Waals surface area contributed by atoms with Gasteiger partial charge in [0.15, 0.2) is 5.78 Å². The van der Waals surface area contributed by atoms with E-state index in [2.05, 4.69) is 0 Å². The van der Waals surface area contributed by atoms with Crippen molar-refractivity contribution in [2.75, 3.05) is 18.9 Å². The zero-order valence-corrected chi connectivity index (χ0v) is 8.96. The molecule has 15 heavy (non-hydrogen) atoms. The first-order chi connectivity index (χ1) is 7.18. The molecule has 2 N–H and O–H groups in total. The van der Waals surface area contributed by atoms with Crippen LogP contribution in [0.4, 0.5) is 5.69 Å². The minimum Gasteiger partial charge on any atom is -0.398 e. The van der Waals surface area contributed by atoms with Gasteiger partial charge in [0.25, 0.3) is 0 Å². The minimum absolute atomic E-state index is 0.0477. The van der Waals surface area contributed by atoms with E-state index in [1.54, 1.807) is 18.2 Å². The fraction of sp³-hybridized carbons (Fsp3) is 0.364. The van der Waals surface area contributed by atoms with Gasteiger partial charge in [-0.05, 0) is 24.6 Å². The zero-order chi connectivity index (χ0) is 10.8. The van der Waals surface area contributed by atoms with Crippen molar-refractivity contribution in [3.05, 3.63) is 28.8 Å². The van der Waals surface area contributed by atoms with Gasteiger partial charge in [0.2, 0.25) is 0 Å². The number of ether oxygens (including phenoxy) is 1. The number of hydrogen-bond acceptors (Lipinski definition) is 3. The monoisotopic (exact) mass is 225 g/mol. The van der Waals surface area contributed by atoms with Gasteiger partial charge < -0.3 is 10.5 Å². The smallest absolute Gasteiger partial charge is 0.170 e. The standard InChI is InChI=1S/C11H12ClNO2/c12-8-1-2-9(10(13)5-8)11(14)7-3-4-15-6-7/h1-2,5,7H,3-4,6,13H2/t7-/m1/s1. The molecule has 1 aliphatic rings. The summed E-state index contributed by atoms with van der Waals surface area (Å²) in [5.41, 5.74) is 6.74. The average Bonchev–Trinajstić information content (AvgIpc) is 2.69. The van der Waals surface area contributed by atoms with Crippen molar-refractivity contribution in [3.63, 3.8) is 0 Å². The molecule has 1 aromatic carbocycles. The van der Waals surface area contributed by atoms with Crippen molar-refractivity contribution in [1.82, 2.24) is 0 Å². The van der Waals surface area contributed by atoms with Crippen molar-refractivity contribution < 1.29 is 9.53 Å². The summed E-state index contributed by atoms with van der Waals surface area (Å²) in [5, 5.41) is 0.548. The molecule has 3 nitrogen and oxygen atoms in total. The number of hydrogen-bond donors (Lipinski definition) is 1. The summed E-state index contributed by atoms with van der Waals surface area (Å²) in [6.07, 6.45) is 0.779. The van der Waals surface area contributed by atoms with E-state index >= 15 is 0 Å². The number of nitrogens with two attached hydrogens (primary N) is 1. The van der Waals surface area contributed by atoms with Gasteiger partial charge in [-0.25, -0.2) is 0 Å². The molecular weight excluding hydrogens is 214 g/mol. The highest BCUT2D eigenvalue weighted by Crippen LogP contribution is 2.24. The molecule has 0 aromatic heterocycles. The number of nitrogen functional groups attached to an aromatic ring is 1. The molecule has 1 saturated heterocycles. The molecule has 80 valence electrons. The van der Waals surface area contributed by atoms with Gasteiger partial charge in [-0.3, -0.25) is 4.79 Å². The highest BCUT2D eigenvalue weighted by atomic mass is 35.5. The number of benzene rings is 1. The summed E-state index contributed by atoms with van der Waals surface area (Å²) < 4.78 is 5.18. The Morgan fingerprint density at radius 2 is 2.33 bits per heavy atom. The van der Waals surface area contributed by atoms with E-state index in [9.17, 15) is 4.79 Å². The third-order valence-electron chi connectivity index (χ3n) is 2.58. The molecule has 0 unspecified atom stereocenters. The average molecular weight is 226 g/mol. The Morgan fingerprint density at radius 3 is 2.93 bits per heavy atom. The molecule has 0 saturated carbocycles. The second kappa shape index (κ2) is 4.21. The van der Waals surface area contributed by atoms with Gasteiger partial charge in [-0.2, -0.15) is 0 Å². The summed E-state index contributed by atoms with van der Waals surface area (Å²) in [6.45, 7) is 1.16. The molecule has 1 aliphatic heterocycles. The Morgan fingerprint density at radius 1 is 1.53 bits per heavy atom. The molecule has 0 spiro atoms. The maximum Gasteiger partial charge on any atom is 0.170 e. The Balaban J connectivity index is 2.24. The first kappa shape index (κ1) is 10.5. The van der Waals surface area contributed by atoms with Crippen LogP contribution < -0.4 is 5.73 Å². The number of halogens is 1. The molecule has 0 bridgehead atoms. The van der Waals surface area contributed by atoms with Crippen molar-refractivity contribution in [2.24, 2.45) is 5.92 Å². The molecule has 0 aliphatic carbocycles. The number of carbonyl (C=O) groups excluding carboxylic acids is 1. The maximum absolute atomic E-state index is 12.0. The van der Waals surface area contributed by atoms with Crippen LogP contribution in [0.1, 0.15) is 16.8 Å². The molecule has 2 rings (SSSR count). The number of ketones is 1. The van der Waals surface area contributed by atoms with Crippen molar-refractivity contribution in [3.8, 4) is 0 Å². The second-order valence-electron chi connectivity index (χ2n) is 3.66.